The van der Waals surface area contributed by atoms with E-state index >= 15 is 0 Å². The van der Waals surface area contributed by atoms with Crippen molar-refractivity contribution < 1.29 is 9.47 Å². The highest BCUT2D eigenvalue weighted by Crippen LogP contribution is 2.30. The van der Waals surface area contributed by atoms with E-state index in [-0.39, 0.29) is 0 Å². The average molecular weight is 272 g/mol. The number of nitrogens with zero attached hydrogens (tertiary/aromatic N) is 1. The van der Waals surface area contributed by atoms with Crippen molar-refractivity contribution in [1.82, 2.24) is 10.2 Å². The monoisotopic (exact) mass is 272 g/mol. The van der Waals surface area contributed by atoms with E-state index in [0.29, 0.717) is 11.3 Å². The van der Waals surface area contributed by atoms with E-state index in [1.54, 1.807) is 7.11 Å². The van der Waals surface area contributed by atoms with Crippen LogP contribution in [0.4, 0.5) is 0 Å². The van der Waals surface area contributed by atoms with E-state index in [2.05, 4.69) is 24.1 Å². The van der Waals surface area contributed by atoms with Gasteiger partial charge in [0.15, 0.2) is 0 Å². The SMILES string of the molecule is COCCN(CC(C)C)CC1(COC)CCNCC1. The van der Waals surface area contributed by atoms with Crippen molar-refractivity contribution in [2.24, 2.45) is 11.3 Å². The van der Waals surface area contributed by atoms with E-state index < -0.39 is 0 Å². The molecule has 4 nitrogen and oxygen atoms in total. The molecule has 1 fully saturated rings. The molecule has 114 valence electrons. The molecule has 0 atom stereocenters. The summed E-state index contributed by atoms with van der Waals surface area (Å²) in [6.45, 7) is 11.8. The van der Waals surface area contributed by atoms with Gasteiger partial charge < -0.3 is 19.7 Å². The fraction of sp³-hybridized carbons (Fsp3) is 1.00. The summed E-state index contributed by atoms with van der Waals surface area (Å²) in [6.07, 6.45) is 2.42. The predicted octanol–water partition coefficient (Wildman–Crippen LogP) is 1.61. The van der Waals surface area contributed by atoms with Crippen LogP contribution in [0.1, 0.15) is 26.7 Å². The zero-order valence-electron chi connectivity index (χ0n) is 13.2. The number of rotatable bonds is 9. The van der Waals surface area contributed by atoms with Crippen molar-refractivity contribution in [3.05, 3.63) is 0 Å². The number of nitrogens with one attached hydrogen (secondary N) is 1. The van der Waals surface area contributed by atoms with Crippen molar-refractivity contribution in [3.8, 4) is 0 Å². The van der Waals surface area contributed by atoms with E-state index in [1.165, 1.54) is 12.8 Å². The minimum Gasteiger partial charge on any atom is -0.384 e. The van der Waals surface area contributed by atoms with E-state index in [9.17, 15) is 0 Å². The lowest BCUT2D eigenvalue weighted by atomic mass is 9.79. The molecule has 1 heterocycles. The Morgan fingerprint density at radius 3 is 2.37 bits per heavy atom. The first-order chi connectivity index (χ1) is 9.12. The van der Waals surface area contributed by atoms with Gasteiger partial charge in [-0.15, -0.1) is 0 Å². The van der Waals surface area contributed by atoms with Crippen LogP contribution in [-0.4, -0.2) is 65.1 Å². The van der Waals surface area contributed by atoms with Gasteiger partial charge in [0.25, 0.3) is 0 Å². The summed E-state index contributed by atoms with van der Waals surface area (Å²) in [6, 6.07) is 0. The Bertz CT molecular complexity index is 223. The van der Waals surface area contributed by atoms with Crippen LogP contribution in [0, 0.1) is 11.3 Å². The number of hydrogen-bond acceptors (Lipinski definition) is 4. The van der Waals surface area contributed by atoms with Gasteiger partial charge in [-0.1, -0.05) is 13.8 Å². The van der Waals surface area contributed by atoms with Crippen molar-refractivity contribution in [2.75, 3.05) is 60.2 Å². The zero-order chi connectivity index (χ0) is 14.1. The maximum absolute atomic E-state index is 5.51. The molecule has 0 radical (unpaired) electrons. The molecule has 4 heteroatoms. The van der Waals surface area contributed by atoms with Crippen LogP contribution in [0.25, 0.3) is 0 Å². The van der Waals surface area contributed by atoms with Gasteiger partial charge in [0.05, 0.1) is 13.2 Å². The Kier molecular flexibility index (Phi) is 7.91. The highest BCUT2D eigenvalue weighted by Gasteiger charge is 2.34. The summed E-state index contributed by atoms with van der Waals surface area (Å²) in [5, 5.41) is 3.46. The summed E-state index contributed by atoms with van der Waals surface area (Å²) in [7, 11) is 3.61. The molecule has 0 aromatic rings. The second-order valence-corrected chi connectivity index (χ2v) is 6.30. The normalized spacial score (nSPS) is 19.3. The van der Waals surface area contributed by atoms with E-state index in [4.69, 9.17) is 9.47 Å². The van der Waals surface area contributed by atoms with Crippen LogP contribution in [0.5, 0.6) is 0 Å². The Morgan fingerprint density at radius 2 is 1.84 bits per heavy atom. The molecule has 1 aliphatic heterocycles. The van der Waals surface area contributed by atoms with Crippen LogP contribution in [-0.2, 0) is 9.47 Å². The Balaban J connectivity index is 2.59. The molecular weight excluding hydrogens is 240 g/mol. The molecule has 0 saturated carbocycles. The van der Waals surface area contributed by atoms with Crippen molar-refractivity contribution >= 4 is 0 Å². The van der Waals surface area contributed by atoms with Gasteiger partial charge in [-0.25, -0.2) is 0 Å². The lowest BCUT2D eigenvalue weighted by molar-refractivity contribution is 0.0132. The van der Waals surface area contributed by atoms with Crippen LogP contribution in [0.2, 0.25) is 0 Å². The van der Waals surface area contributed by atoms with Crippen molar-refractivity contribution in [2.45, 2.75) is 26.7 Å². The molecule has 0 aliphatic carbocycles. The molecule has 0 amide bonds. The Morgan fingerprint density at radius 1 is 1.16 bits per heavy atom. The number of hydrogen-bond donors (Lipinski definition) is 1. The van der Waals surface area contributed by atoms with E-state index in [1.807, 2.05) is 7.11 Å². The lowest BCUT2D eigenvalue weighted by Crippen LogP contribution is -2.48. The molecule has 19 heavy (non-hydrogen) atoms. The zero-order valence-corrected chi connectivity index (χ0v) is 13.2. The van der Waals surface area contributed by atoms with Gasteiger partial charge in [0.2, 0.25) is 0 Å². The highest BCUT2D eigenvalue weighted by atomic mass is 16.5. The van der Waals surface area contributed by atoms with Crippen molar-refractivity contribution in [3.63, 3.8) is 0 Å². The third-order valence-corrected chi connectivity index (χ3v) is 3.91. The van der Waals surface area contributed by atoms with Gasteiger partial charge in [0, 0.05) is 39.3 Å². The third-order valence-electron chi connectivity index (χ3n) is 3.91. The van der Waals surface area contributed by atoms with Crippen LogP contribution in [0.15, 0.2) is 0 Å². The van der Waals surface area contributed by atoms with Gasteiger partial charge in [-0.2, -0.15) is 0 Å². The predicted molar refractivity (Wildman–Crippen MR) is 79.6 cm³/mol. The summed E-state index contributed by atoms with van der Waals surface area (Å²) in [5.41, 5.74) is 0.322. The maximum Gasteiger partial charge on any atom is 0.0589 e. The standard InChI is InChI=1S/C15H32N2O2/c1-14(2)11-17(9-10-18-3)12-15(13-19-4)5-7-16-8-6-15/h14,16H,5-13H2,1-4H3. The van der Waals surface area contributed by atoms with Crippen LogP contribution in [0.3, 0.4) is 0 Å². The first kappa shape index (κ1) is 16.9. The minimum absolute atomic E-state index is 0.322. The summed E-state index contributed by atoms with van der Waals surface area (Å²) in [4.78, 5) is 2.55. The van der Waals surface area contributed by atoms with Crippen LogP contribution >= 0.6 is 0 Å². The van der Waals surface area contributed by atoms with E-state index in [0.717, 1.165) is 45.9 Å². The minimum atomic E-state index is 0.322. The second kappa shape index (κ2) is 8.90. The molecule has 1 saturated heterocycles. The van der Waals surface area contributed by atoms with Gasteiger partial charge in [-0.05, 0) is 31.8 Å². The smallest absolute Gasteiger partial charge is 0.0589 e. The number of piperidine rings is 1. The fourth-order valence-corrected chi connectivity index (χ4v) is 3.06. The highest BCUT2D eigenvalue weighted by molar-refractivity contribution is 4.87. The molecule has 0 unspecified atom stereocenters. The molecule has 1 aliphatic rings. The largest absolute Gasteiger partial charge is 0.384 e. The maximum atomic E-state index is 5.51. The summed E-state index contributed by atoms with van der Waals surface area (Å²) < 4.78 is 10.8. The topological polar surface area (TPSA) is 33.7 Å². The summed E-state index contributed by atoms with van der Waals surface area (Å²) in [5.74, 6) is 0.693. The average Bonchev–Trinajstić information content (AvgIpc) is 2.36. The number of methoxy groups -OCH3 is 2. The molecule has 0 bridgehead atoms. The van der Waals surface area contributed by atoms with Gasteiger partial charge in [0.1, 0.15) is 0 Å². The van der Waals surface area contributed by atoms with Crippen LogP contribution < -0.4 is 5.32 Å². The fourth-order valence-electron chi connectivity index (χ4n) is 3.06. The molecule has 1 N–H and O–H groups in total. The molecule has 1 rings (SSSR count). The third kappa shape index (κ3) is 6.21. The van der Waals surface area contributed by atoms with Gasteiger partial charge in [-0.3, -0.25) is 0 Å². The molecule has 0 aromatic heterocycles. The Hall–Kier alpha value is -0.160. The Labute approximate surface area is 118 Å². The van der Waals surface area contributed by atoms with Crippen molar-refractivity contribution in [1.29, 1.82) is 0 Å². The summed E-state index contributed by atoms with van der Waals surface area (Å²) >= 11 is 0. The first-order valence-corrected chi connectivity index (χ1v) is 7.53. The number of ether oxygens (including phenoxy) is 2. The lowest BCUT2D eigenvalue weighted by Gasteiger charge is -2.41. The van der Waals surface area contributed by atoms with Gasteiger partial charge >= 0.3 is 0 Å². The molecule has 0 spiro atoms. The quantitative estimate of drug-likeness (QED) is 0.691. The second-order valence-electron chi connectivity index (χ2n) is 6.30. The molecular formula is C15H32N2O2. The first-order valence-electron chi connectivity index (χ1n) is 7.53. The molecule has 0 aromatic carbocycles.